The first-order chi connectivity index (χ1) is 8.61. The smallest absolute Gasteiger partial charge is 0.204 e. The maximum absolute atomic E-state index is 12.3. The highest BCUT2D eigenvalue weighted by molar-refractivity contribution is 7.98. The predicted octanol–water partition coefficient (Wildman–Crippen LogP) is 3.16. The second-order valence-corrected chi connectivity index (χ2v) is 5.85. The van der Waals surface area contributed by atoms with Gasteiger partial charge in [-0.1, -0.05) is 23.5 Å². The monoisotopic (exact) mass is 278 g/mol. The van der Waals surface area contributed by atoms with Crippen molar-refractivity contribution in [3.63, 3.8) is 0 Å². The third-order valence-electron chi connectivity index (χ3n) is 2.43. The highest BCUT2D eigenvalue weighted by Crippen LogP contribution is 2.24. The summed E-state index contributed by atoms with van der Waals surface area (Å²) in [5, 5.41) is 0.847. The van der Waals surface area contributed by atoms with Gasteiger partial charge in [0.05, 0.1) is 11.1 Å². The van der Waals surface area contributed by atoms with Crippen LogP contribution in [0, 0.1) is 0 Å². The number of thioether (sulfide) groups is 1. The quantitative estimate of drug-likeness (QED) is 0.635. The second-order valence-electron chi connectivity index (χ2n) is 3.96. The lowest BCUT2D eigenvalue weighted by molar-refractivity contribution is 0.104. The van der Waals surface area contributed by atoms with E-state index >= 15 is 0 Å². The largest absolute Gasteiger partial charge is 0.354 e. The van der Waals surface area contributed by atoms with Gasteiger partial charge in [-0.15, -0.1) is 11.8 Å². The van der Waals surface area contributed by atoms with Crippen LogP contribution in [0.1, 0.15) is 15.2 Å². The van der Waals surface area contributed by atoms with E-state index in [9.17, 15) is 4.79 Å². The van der Waals surface area contributed by atoms with Crippen LogP contribution in [-0.2, 0) is 0 Å². The summed E-state index contributed by atoms with van der Waals surface area (Å²) in [7, 11) is 3.84. The van der Waals surface area contributed by atoms with Crippen LogP contribution < -0.4 is 4.90 Å². The molecule has 0 aliphatic carbocycles. The number of hydrogen-bond donors (Lipinski definition) is 0. The average Bonchev–Trinajstić information content (AvgIpc) is 2.87. The van der Waals surface area contributed by atoms with Crippen LogP contribution in [0.4, 0.5) is 5.13 Å². The van der Waals surface area contributed by atoms with Crippen molar-refractivity contribution in [3.05, 3.63) is 40.9 Å². The van der Waals surface area contributed by atoms with Crippen LogP contribution in [0.3, 0.4) is 0 Å². The van der Waals surface area contributed by atoms with E-state index in [-0.39, 0.29) is 5.78 Å². The predicted molar refractivity (Wildman–Crippen MR) is 78.1 cm³/mol. The van der Waals surface area contributed by atoms with Crippen molar-refractivity contribution in [2.75, 3.05) is 25.3 Å². The molecule has 0 unspecified atom stereocenters. The van der Waals surface area contributed by atoms with E-state index < -0.39 is 0 Å². The van der Waals surface area contributed by atoms with Crippen molar-refractivity contribution >= 4 is 34.0 Å². The Hall–Kier alpha value is -1.33. The number of hydrogen-bond acceptors (Lipinski definition) is 5. The number of carbonyl (C=O) groups excluding carboxylic acids is 1. The summed E-state index contributed by atoms with van der Waals surface area (Å²) in [6.07, 6.45) is 3.65. The molecule has 1 heterocycles. The first-order valence-corrected chi connectivity index (χ1v) is 7.48. The summed E-state index contributed by atoms with van der Waals surface area (Å²) >= 11 is 3.05. The molecule has 0 fully saturated rings. The van der Waals surface area contributed by atoms with Gasteiger partial charge >= 0.3 is 0 Å². The highest BCUT2D eigenvalue weighted by Gasteiger charge is 2.14. The summed E-state index contributed by atoms with van der Waals surface area (Å²) in [5.41, 5.74) is 0.718. The van der Waals surface area contributed by atoms with Crippen molar-refractivity contribution in [2.45, 2.75) is 4.90 Å². The van der Waals surface area contributed by atoms with Crippen molar-refractivity contribution in [3.8, 4) is 0 Å². The zero-order valence-electron chi connectivity index (χ0n) is 10.5. The molecule has 3 nitrogen and oxygen atoms in total. The van der Waals surface area contributed by atoms with Crippen LogP contribution in [0.5, 0.6) is 0 Å². The van der Waals surface area contributed by atoms with Crippen LogP contribution in [0.2, 0.25) is 0 Å². The third kappa shape index (κ3) is 2.73. The molecule has 0 aliphatic rings. The zero-order valence-corrected chi connectivity index (χ0v) is 12.1. The molecule has 2 aromatic rings. The fourth-order valence-corrected chi connectivity index (χ4v) is 2.74. The standard InChI is InChI=1S/C13H14N2OS2/c1-15(2)13-14-8-11(18-13)12(16)9-5-4-6-10(7-9)17-3/h4-8H,1-3H3. The lowest BCUT2D eigenvalue weighted by Gasteiger charge is -2.05. The van der Waals surface area contributed by atoms with Gasteiger partial charge in [-0.3, -0.25) is 4.79 Å². The first-order valence-electron chi connectivity index (χ1n) is 5.43. The number of nitrogens with zero attached hydrogens (tertiary/aromatic N) is 2. The molecule has 0 N–H and O–H groups in total. The van der Waals surface area contributed by atoms with Gasteiger partial charge in [0.1, 0.15) is 0 Å². The summed E-state index contributed by atoms with van der Waals surface area (Å²) in [6, 6.07) is 7.67. The van der Waals surface area contributed by atoms with Crippen LogP contribution in [-0.4, -0.2) is 31.1 Å². The van der Waals surface area contributed by atoms with Crippen molar-refractivity contribution in [1.29, 1.82) is 0 Å². The number of ketones is 1. The van der Waals surface area contributed by atoms with E-state index in [0.717, 1.165) is 15.6 Å². The van der Waals surface area contributed by atoms with Gasteiger partial charge in [-0.25, -0.2) is 4.98 Å². The molecule has 5 heteroatoms. The Kier molecular flexibility index (Phi) is 4.04. The molecule has 0 spiro atoms. The van der Waals surface area contributed by atoms with Gasteiger partial charge in [0.15, 0.2) is 5.13 Å². The van der Waals surface area contributed by atoms with Crippen LogP contribution in [0.25, 0.3) is 0 Å². The number of rotatable bonds is 4. The summed E-state index contributed by atoms with van der Waals surface area (Å²) in [5.74, 6) is 0.0384. The van der Waals surface area contributed by atoms with Crippen molar-refractivity contribution in [2.24, 2.45) is 0 Å². The number of thiazole rings is 1. The molecular weight excluding hydrogens is 264 g/mol. The molecule has 1 aromatic carbocycles. The molecule has 0 atom stereocenters. The lowest BCUT2D eigenvalue weighted by Crippen LogP contribution is -2.07. The maximum atomic E-state index is 12.3. The average molecular weight is 278 g/mol. The molecule has 0 saturated carbocycles. The van der Waals surface area contributed by atoms with E-state index in [1.165, 1.54) is 11.3 Å². The minimum Gasteiger partial charge on any atom is -0.354 e. The Balaban J connectivity index is 2.29. The fourth-order valence-electron chi connectivity index (χ4n) is 1.48. The molecule has 0 bridgehead atoms. The Morgan fingerprint density at radius 3 is 2.78 bits per heavy atom. The fraction of sp³-hybridized carbons (Fsp3) is 0.231. The van der Waals surface area contributed by atoms with Crippen molar-refractivity contribution in [1.82, 2.24) is 4.98 Å². The van der Waals surface area contributed by atoms with Gasteiger partial charge in [-0.2, -0.15) is 0 Å². The summed E-state index contributed by atoms with van der Waals surface area (Å²) < 4.78 is 0. The van der Waals surface area contributed by atoms with Gasteiger partial charge in [0.2, 0.25) is 5.78 Å². The Morgan fingerprint density at radius 2 is 2.17 bits per heavy atom. The van der Waals surface area contributed by atoms with Gasteiger partial charge in [0, 0.05) is 24.6 Å². The molecule has 2 rings (SSSR count). The van der Waals surface area contributed by atoms with E-state index in [1.807, 2.05) is 49.5 Å². The second kappa shape index (κ2) is 5.54. The SMILES string of the molecule is CSc1cccc(C(=O)c2cnc(N(C)C)s2)c1. The third-order valence-corrected chi connectivity index (χ3v) is 4.32. The normalized spacial score (nSPS) is 10.4. The number of aromatic nitrogens is 1. The molecule has 18 heavy (non-hydrogen) atoms. The first kappa shape index (κ1) is 13.1. The van der Waals surface area contributed by atoms with Crippen LogP contribution >= 0.6 is 23.1 Å². The Labute approximate surface area is 115 Å². The minimum absolute atomic E-state index is 0.0384. The van der Waals surface area contributed by atoms with E-state index in [2.05, 4.69) is 4.98 Å². The molecule has 1 aromatic heterocycles. The molecule has 0 aliphatic heterocycles. The zero-order chi connectivity index (χ0) is 13.1. The lowest BCUT2D eigenvalue weighted by atomic mass is 10.1. The summed E-state index contributed by atoms with van der Waals surface area (Å²) in [6.45, 7) is 0. The minimum atomic E-state index is 0.0384. The van der Waals surface area contributed by atoms with Gasteiger partial charge in [-0.05, 0) is 18.4 Å². The molecule has 94 valence electrons. The topological polar surface area (TPSA) is 33.2 Å². The maximum Gasteiger partial charge on any atom is 0.204 e. The Bertz CT molecular complexity index is 564. The Morgan fingerprint density at radius 1 is 1.39 bits per heavy atom. The van der Waals surface area contributed by atoms with Crippen molar-refractivity contribution < 1.29 is 4.79 Å². The van der Waals surface area contributed by atoms with E-state index in [1.54, 1.807) is 18.0 Å². The van der Waals surface area contributed by atoms with Crippen LogP contribution in [0.15, 0.2) is 35.4 Å². The van der Waals surface area contributed by atoms with E-state index in [0.29, 0.717) is 4.88 Å². The number of benzene rings is 1. The van der Waals surface area contributed by atoms with Gasteiger partial charge in [0.25, 0.3) is 0 Å². The highest BCUT2D eigenvalue weighted by atomic mass is 32.2. The van der Waals surface area contributed by atoms with Gasteiger partial charge < -0.3 is 4.90 Å². The molecule has 0 amide bonds. The number of carbonyl (C=O) groups is 1. The molecule has 0 saturated heterocycles. The van der Waals surface area contributed by atoms with E-state index in [4.69, 9.17) is 0 Å². The molecule has 0 radical (unpaired) electrons. The summed E-state index contributed by atoms with van der Waals surface area (Å²) in [4.78, 5) is 20.2. The number of anilines is 1. The molecular formula is C13H14N2OS2.